The van der Waals surface area contributed by atoms with E-state index >= 15 is 0 Å². The van der Waals surface area contributed by atoms with Crippen LogP contribution in [-0.2, 0) is 0 Å². The highest BCUT2D eigenvalue weighted by molar-refractivity contribution is 9.10. The van der Waals surface area contributed by atoms with E-state index in [0.29, 0.717) is 18.0 Å². The molecule has 0 saturated carbocycles. The molecular weight excluding hydrogens is 277 g/mol. The quantitative estimate of drug-likeness (QED) is 0.257. The Morgan fingerprint density at radius 3 is 3.00 bits per heavy atom. The third-order valence-electron chi connectivity index (χ3n) is 1.55. The Morgan fingerprint density at radius 1 is 1.53 bits per heavy atom. The maximum atomic E-state index is 8.05. The number of rotatable bonds is 2. The molecule has 0 aliphatic carbocycles. The van der Waals surface area contributed by atoms with Crippen LogP contribution in [0.25, 0.3) is 10.4 Å². The lowest BCUT2D eigenvalue weighted by molar-refractivity contribution is 1.01. The maximum Gasteiger partial charge on any atom is 0.0418 e. The Labute approximate surface area is 101 Å². The first kappa shape index (κ1) is 11.9. The van der Waals surface area contributed by atoms with Crippen molar-refractivity contribution >= 4 is 27.5 Å². The lowest BCUT2D eigenvalue weighted by Crippen LogP contribution is -1.78. The van der Waals surface area contributed by atoms with Crippen LogP contribution < -0.4 is 0 Å². The van der Waals surface area contributed by atoms with Gasteiger partial charge in [-0.3, -0.25) is 0 Å². The van der Waals surface area contributed by atoms with E-state index in [1.807, 2.05) is 6.07 Å². The molecule has 1 rings (SSSR count). The van der Waals surface area contributed by atoms with Gasteiger partial charge < -0.3 is 0 Å². The number of benzene rings is 1. The first-order valence-electron chi connectivity index (χ1n) is 4.19. The smallest absolute Gasteiger partial charge is 0.0418 e. The highest BCUT2D eigenvalue weighted by Crippen LogP contribution is 2.20. The predicted octanol–water partition coefficient (Wildman–Crippen LogP) is 4.15. The van der Waals surface area contributed by atoms with Crippen LogP contribution in [0.15, 0.2) is 27.8 Å². The largest absolute Gasteiger partial charge is 0.0977 e. The number of hydrogen-bond acceptors (Lipinski definition) is 1. The standard InChI is InChI=1S/C10H7BrClN3/c11-10-7-9(12)5-4-8(10)3-1-2-6-14-15-13/h4-5,7H,2,6H2. The van der Waals surface area contributed by atoms with E-state index in [4.69, 9.17) is 17.1 Å². The van der Waals surface area contributed by atoms with Crippen LogP contribution in [0, 0.1) is 11.8 Å². The fourth-order valence-corrected chi connectivity index (χ4v) is 1.68. The molecule has 0 N–H and O–H groups in total. The van der Waals surface area contributed by atoms with Gasteiger partial charge in [-0.25, -0.2) is 0 Å². The Kier molecular flexibility index (Phi) is 5.06. The summed E-state index contributed by atoms with van der Waals surface area (Å²) >= 11 is 9.15. The summed E-state index contributed by atoms with van der Waals surface area (Å²) in [6.45, 7) is 0.398. The van der Waals surface area contributed by atoms with Crippen molar-refractivity contribution in [3.63, 3.8) is 0 Å². The molecule has 0 radical (unpaired) electrons. The fraction of sp³-hybridized carbons (Fsp3) is 0.200. The van der Waals surface area contributed by atoms with Crippen molar-refractivity contribution in [2.75, 3.05) is 6.54 Å². The molecule has 0 spiro atoms. The molecule has 0 bridgehead atoms. The Balaban J connectivity index is 2.67. The van der Waals surface area contributed by atoms with Crippen LogP contribution >= 0.6 is 27.5 Å². The van der Waals surface area contributed by atoms with Gasteiger partial charge in [-0.05, 0) is 39.7 Å². The van der Waals surface area contributed by atoms with Gasteiger partial charge in [0.05, 0.1) is 0 Å². The highest BCUT2D eigenvalue weighted by atomic mass is 79.9. The van der Waals surface area contributed by atoms with E-state index < -0.39 is 0 Å². The number of azide groups is 1. The summed E-state index contributed by atoms with van der Waals surface area (Å²) in [4.78, 5) is 2.64. The van der Waals surface area contributed by atoms with E-state index in [9.17, 15) is 0 Å². The second-order valence-corrected chi connectivity index (χ2v) is 3.92. The summed E-state index contributed by atoms with van der Waals surface area (Å²) in [5, 5.41) is 4.05. The molecule has 1 aromatic carbocycles. The van der Waals surface area contributed by atoms with Crippen molar-refractivity contribution in [2.45, 2.75) is 6.42 Å². The summed E-state index contributed by atoms with van der Waals surface area (Å²) in [6.07, 6.45) is 0.555. The summed E-state index contributed by atoms with van der Waals surface area (Å²) in [5.41, 5.74) is 8.92. The second-order valence-electron chi connectivity index (χ2n) is 2.63. The second kappa shape index (κ2) is 6.36. The molecule has 1 aromatic rings. The molecule has 5 heteroatoms. The maximum absolute atomic E-state index is 8.05. The third kappa shape index (κ3) is 4.26. The van der Waals surface area contributed by atoms with Gasteiger partial charge in [0.2, 0.25) is 0 Å². The first-order valence-corrected chi connectivity index (χ1v) is 5.36. The lowest BCUT2D eigenvalue weighted by Gasteiger charge is -1.95. The molecule has 0 amide bonds. The summed E-state index contributed by atoms with van der Waals surface area (Å²) in [6, 6.07) is 5.41. The minimum absolute atomic E-state index is 0.398. The molecule has 76 valence electrons. The molecule has 0 aliphatic heterocycles. The molecule has 0 heterocycles. The van der Waals surface area contributed by atoms with E-state index in [1.54, 1.807) is 12.1 Å². The zero-order chi connectivity index (χ0) is 11.1. The van der Waals surface area contributed by atoms with Crippen LogP contribution in [0.3, 0.4) is 0 Å². The van der Waals surface area contributed by atoms with Crippen LogP contribution in [0.4, 0.5) is 0 Å². The molecule has 0 unspecified atom stereocenters. The molecule has 0 aliphatic rings. The van der Waals surface area contributed by atoms with Crippen molar-refractivity contribution in [3.05, 3.63) is 43.7 Å². The van der Waals surface area contributed by atoms with Gasteiger partial charge in [-0.15, -0.1) is 0 Å². The van der Waals surface area contributed by atoms with Gasteiger partial charge >= 0.3 is 0 Å². The summed E-state index contributed by atoms with van der Waals surface area (Å²) < 4.78 is 0.867. The van der Waals surface area contributed by atoms with E-state index in [-0.39, 0.29) is 0 Å². The van der Waals surface area contributed by atoms with E-state index in [2.05, 4.69) is 37.8 Å². The molecule has 0 aromatic heterocycles. The SMILES string of the molecule is [N-]=[N+]=NCCC#Cc1ccc(Cl)cc1Br. The van der Waals surface area contributed by atoms with Gasteiger partial charge in [0.1, 0.15) is 0 Å². The third-order valence-corrected chi connectivity index (χ3v) is 2.45. The van der Waals surface area contributed by atoms with Gasteiger partial charge in [0, 0.05) is 32.9 Å². The summed E-state index contributed by atoms with van der Waals surface area (Å²) in [7, 11) is 0. The van der Waals surface area contributed by atoms with Crippen molar-refractivity contribution in [1.29, 1.82) is 0 Å². The van der Waals surface area contributed by atoms with Gasteiger partial charge in [-0.2, -0.15) is 0 Å². The predicted molar refractivity (Wildman–Crippen MR) is 64.7 cm³/mol. The van der Waals surface area contributed by atoms with Crippen LogP contribution in [-0.4, -0.2) is 6.54 Å². The van der Waals surface area contributed by atoms with Gasteiger partial charge in [0.15, 0.2) is 0 Å². The summed E-state index contributed by atoms with van der Waals surface area (Å²) in [5.74, 6) is 5.87. The van der Waals surface area contributed by atoms with Crippen LogP contribution in [0.5, 0.6) is 0 Å². The average molecular weight is 285 g/mol. The molecule has 0 atom stereocenters. The number of hydrogen-bond donors (Lipinski definition) is 0. The molecule has 3 nitrogen and oxygen atoms in total. The minimum Gasteiger partial charge on any atom is -0.0977 e. The fourth-order valence-electron chi connectivity index (χ4n) is 0.899. The molecule has 0 fully saturated rings. The number of nitrogens with zero attached hydrogens (tertiary/aromatic N) is 3. The van der Waals surface area contributed by atoms with Crippen LogP contribution in [0.2, 0.25) is 5.02 Å². The topological polar surface area (TPSA) is 48.8 Å². The molecule has 0 saturated heterocycles. The zero-order valence-corrected chi connectivity index (χ0v) is 10.1. The Bertz CT molecular complexity index is 455. The van der Waals surface area contributed by atoms with Crippen LogP contribution in [0.1, 0.15) is 12.0 Å². The van der Waals surface area contributed by atoms with E-state index in [0.717, 1.165) is 10.0 Å². The van der Waals surface area contributed by atoms with Crippen molar-refractivity contribution in [3.8, 4) is 11.8 Å². The number of halogens is 2. The Morgan fingerprint density at radius 2 is 2.33 bits per heavy atom. The van der Waals surface area contributed by atoms with Crippen molar-refractivity contribution < 1.29 is 0 Å². The van der Waals surface area contributed by atoms with Gasteiger partial charge in [-0.1, -0.05) is 28.6 Å². The van der Waals surface area contributed by atoms with Crippen molar-refractivity contribution in [2.24, 2.45) is 5.11 Å². The zero-order valence-electron chi connectivity index (χ0n) is 7.74. The molecular formula is C10H7BrClN3. The lowest BCUT2D eigenvalue weighted by atomic mass is 10.2. The Hall–Kier alpha value is -1.14. The molecule has 15 heavy (non-hydrogen) atoms. The average Bonchev–Trinajstić information content (AvgIpc) is 2.20. The first-order chi connectivity index (χ1) is 7.24. The van der Waals surface area contributed by atoms with Gasteiger partial charge in [0.25, 0.3) is 0 Å². The normalized spacial score (nSPS) is 8.67. The minimum atomic E-state index is 0.398. The highest BCUT2D eigenvalue weighted by Gasteiger charge is 1.96. The van der Waals surface area contributed by atoms with Crippen molar-refractivity contribution in [1.82, 2.24) is 0 Å². The monoisotopic (exact) mass is 283 g/mol. The van der Waals surface area contributed by atoms with E-state index in [1.165, 1.54) is 0 Å².